The zero-order valence-electron chi connectivity index (χ0n) is 9.93. The van der Waals surface area contributed by atoms with Gasteiger partial charge in [0.2, 0.25) is 5.91 Å². The Hall–Kier alpha value is -1.88. The summed E-state index contributed by atoms with van der Waals surface area (Å²) in [5.74, 6) is 0.0217. The minimum atomic E-state index is 0.0217. The maximum absolute atomic E-state index is 11.6. The number of amides is 1. The van der Waals surface area contributed by atoms with Crippen molar-refractivity contribution in [1.82, 2.24) is 10.3 Å². The molecule has 2 aromatic rings. The van der Waals surface area contributed by atoms with E-state index < -0.39 is 0 Å². The van der Waals surface area contributed by atoms with Crippen LogP contribution in [-0.2, 0) is 17.8 Å². The smallest absolute Gasteiger partial charge is 0.220 e. The molecule has 2 rings (SSSR count). The number of nitrogens with one attached hydrogen (secondary N) is 1. The summed E-state index contributed by atoms with van der Waals surface area (Å²) in [6.07, 6.45) is 2.84. The Bertz CT molecular complexity index is 511. The second kappa shape index (κ2) is 6.16. The number of hydrogen-bond donors (Lipinski definition) is 2. The van der Waals surface area contributed by atoms with Gasteiger partial charge in [-0.3, -0.25) is 4.79 Å². The first-order chi connectivity index (χ1) is 8.75. The van der Waals surface area contributed by atoms with E-state index in [2.05, 4.69) is 10.3 Å². The molecule has 0 unspecified atom stereocenters. The molecule has 3 N–H and O–H groups in total. The monoisotopic (exact) mass is 261 g/mol. The molecule has 4 nitrogen and oxygen atoms in total. The van der Waals surface area contributed by atoms with Gasteiger partial charge in [-0.15, -0.1) is 11.3 Å². The van der Waals surface area contributed by atoms with Gasteiger partial charge in [-0.2, -0.15) is 0 Å². The van der Waals surface area contributed by atoms with Crippen molar-refractivity contribution in [2.75, 3.05) is 5.73 Å². The maximum atomic E-state index is 11.6. The van der Waals surface area contributed by atoms with Crippen LogP contribution in [0.3, 0.4) is 0 Å². The summed E-state index contributed by atoms with van der Waals surface area (Å²) in [5.41, 5.74) is 7.57. The molecular formula is C13H15N3OS. The zero-order chi connectivity index (χ0) is 12.8. The van der Waals surface area contributed by atoms with Crippen molar-refractivity contribution < 1.29 is 4.79 Å². The lowest BCUT2D eigenvalue weighted by Crippen LogP contribution is -2.23. The number of aryl methyl sites for hydroxylation is 1. The van der Waals surface area contributed by atoms with Crippen molar-refractivity contribution >= 4 is 22.9 Å². The number of nitrogen functional groups attached to an aromatic ring is 1. The number of rotatable bonds is 5. The summed E-state index contributed by atoms with van der Waals surface area (Å²) in [4.78, 5) is 15.8. The van der Waals surface area contributed by atoms with Gasteiger partial charge in [0.25, 0.3) is 0 Å². The van der Waals surface area contributed by atoms with Crippen LogP contribution in [0.5, 0.6) is 0 Å². The second-order valence-corrected chi connectivity index (χ2v) is 4.88. The van der Waals surface area contributed by atoms with E-state index in [9.17, 15) is 4.79 Å². The number of nitrogens with zero attached hydrogens (tertiary/aromatic N) is 1. The molecule has 0 spiro atoms. The molecule has 0 bridgehead atoms. The Morgan fingerprint density at radius 1 is 1.39 bits per heavy atom. The fourth-order valence-corrected chi connectivity index (χ4v) is 2.17. The van der Waals surface area contributed by atoms with Crippen LogP contribution in [0.15, 0.2) is 35.8 Å². The van der Waals surface area contributed by atoms with E-state index in [-0.39, 0.29) is 5.91 Å². The molecule has 1 heterocycles. The van der Waals surface area contributed by atoms with Crippen LogP contribution in [0.2, 0.25) is 0 Å². The average Bonchev–Trinajstić information content (AvgIpc) is 2.88. The Balaban J connectivity index is 1.77. The van der Waals surface area contributed by atoms with Crippen LogP contribution in [0.25, 0.3) is 0 Å². The molecule has 0 saturated carbocycles. The Labute approximate surface area is 110 Å². The third-order valence-electron chi connectivity index (χ3n) is 2.60. The number of anilines is 1. The highest BCUT2D eigenvalue weighted by Crippen LogP contribution is 2.12. The van der Waals surface area contributed by atoms with E-state index in [1.807, 2.05) is 29.6 Å². The summed E-state index contributed by atoms with van der Waals surface area (Å²) in [7, 11) is 0. The molecular weight excluding hydrogens is 246 g/mol. The lowest BCUT2D eigenvalue weighted by Gasteiger charge is -2.05. The van der Waals surface area contributed by atoms with E-state index in [1.54, 1.807) is 6.20 Å². The number of aromatic nitrogens is 1. The lowest BCUT2D eigenvalue weighted by molar-refractivity contribution is -0.121. The Morgan fingerprint density at radius 2 is 2.22 bits per heavy atom. The quantitative estimate of drug-likeness (QED) is 0.809. The van der Waals surface area contributed by atoms with Crippen molar-refractivity contribution in [1.29, 1.82) is 0 Å². The normalized spacial score (nSPS) is 10.2. The molecule has 0 radical (unpaired) electrons. The molecule has 1 amide bonds. The standard InChI is InChI=1S/C13H15N3OS/c14-11-4-2-1-3-10(11)5-6-12(17)16-9-13-15-7-8-18-13/h1-4,7-8H,5-6,9,14H2,(H,16,17). The summed E-state index contributed by atoms with van der Waals surface area (Å²) < 4.78 is 0. The number of nitrogens with two attached hydrogens (primary N) is 1. The van der Waals surface area contributed by atoms with Gasteiger partial charge in [0.1, 0.15) is 5.01 Å². The third kappa shape index (κ3) is 3.56. The van der Waals surface area contributed by atoms with Crippen LogP contribution in [-0.4, -0.2) is 10.9 Å². The largest absolute Gasteiger partial charge is 0.399 e. The van der Waals surface area contributed by atoms with Gasteiger partial charge < -0.3 is 11.1 Å². The average molecular weight is 261 g/mol. The molecule has 0 fully saturated rings. The highest BCUT2D eigenvalue weighted by molar-refractivity contribution is 7.09. The first-order valence-electron chi connectivity index (χ1n) is 5.74. The molecule has 0 saturated heterocycles. The van der Waals surface area contributed by atoms with Crippen molar-refractivity contribution in [2.24, 2.45) is 0 Å². The maximum Gasteiger partial charge on any atom is 0.220 e. The predicted octanol–water partition coefficient (Wildman–Crippen LogP) is 1.97. The van der Waals surface area contributed by atoms with Crippen molar-refractivity contribution in [3.8, 4) is 0 Å². The minimum Gasteiger partial charge on any atom is -0.399 e. The van der Waals surface area contributed by atoms with Crippen LogP contribution in [0.4, 0.5) is 5.69 Å². The van der Waals surface area contributed by atoms with Crippen LogP contribution < -0.4 is 11.1 Å². The summed E-state index contributed by atoms with van der Waals surface area (Å²) in [6.45, 7) is 0.501. The molecule has 0 aliphatic carbocycles. The molecule has 5 heteroatoms. The van der Waals surface area contributed by atoms with Crippen molar-refractivity contribution in [3.63, 3.8) is 0 Å². The Kier molecular flexibility index (Phi) is 4.30. The molecule has 0 aliphatic heterocycles. The number of benzene rings is 1. The van der Waals surface area contributed by atoms with Gasteiger partial charge in [0.15, 0.2) is 0 Å². The molecule has 0 aliphatic rings. The van der Waals surface area contributed by atoms with Gasteiger partial charge in [-0.05, 0) is 18.1 Å². The zero-order valence-corrected chi connectivity index (χ0v) is 10.7. The van der Waals surface area contributed by atoms with E-state index in [4.69, 9.17) is 5.73 Å². The Morgan fingerprint density at radius 3 is 2.94 bits per heavy atom. The van der Waals surface area contributed by atoms with E-state index >= 15 is 0 Å². The summed E-state index contributed by atoms with van der Waals surface area (Å²) in [6, 6.07) is 7.62. The van der Waals surface area contributed by atoms with Gasteiger partial charge >= 0.3 is 0 Å². The summed E-state index contributed by atoms with van der Waals surface area (Å²) in [5, 5.41) is 5.66. The first-order valence-corrected chi connectivity index (χ1v) is 6.62. The van der Waals surface area contributed by atoms with Crippen LogP contribution in [0.1, 0.15) is 17.0 Å². The van der Waals surface area contributed by atoms with Crippen molar-refractivity contribution in [3.05, 3.63) is 46.4 Å². The predicted molar refractivity (Wildman–Crippen MR) is 73.1 cm³/mol. The van der Waals surface area contributed by atoms with E-state index in [1.165, 1.54) is 11.3 Å². The number of thiazole rings is 1. The molecule has 0 atom stereocenters. The molecule has 94 valence electrons. The number of para-hydroxylation sites is 1. The van der Waals surface area contributed by atoms with Crippen LogP contribution >= 0.6 is 11.3 Å². The number of carbonyl (C=O) groups is 1. The van der Waals surface area contributed by atoms with Crippen molar-refractivity contribution in [2.45, 2.75) is 19.4 Å². The minimum absolute atomic E-state index is 0.0217. The van der Waals surface area contributed by atoms with E-state index in [0.29, 0.717) is 19.4 Å². The van der Waals surface area contributed by atoms with Crippen LogP contribution in [0, 0.1) is 0 Å². The topological polar surface area (TPSA) is 68.0 Å². The highest BCUT2D eigenvalue weighted by Gasteiger charge is 2.04. The summed E-state index contributed by atoms with van der Waals surface area (Å²) >= 11 is 1.54. The number of hydrogen-bond acceptors (Lipinski definition) is 4. The highest BCUT2D eigenvalue weighted by atomic mass is 32.1. The molecule has 1 aromatic carbocycles. The van der Waals surface area contributed by atoms with Gasteiger partial charge in [0, 0.05) is 23.7 Å². The van der Waals surface area contributed by atoms with Gasteiger partial charge in [0.05, 0.1) is 6.54 Å². The number of carbonyl (C=O) groups excluding carboxylic acids is 1. The fourth-order valence-electron chi connectivity index (χ4n) is 1.61. The molecule has 18 heavy (non-hydrogen) atoms. The molecule has 1 aromatic heterocycles. The van der Waals surface area contributed by atoms with Gasteiger partial charge in [-0.1, -0.05) is 18.2 Å². The van der Waals surface area contributed by atoms with E-state index in [0.717, 1.165) is 16.3 Å². The third-order valence-corrected chi connectivity index (χ3v) is 3.38. The second-order valence-electron chi connectivity index (χ2n) is 3.90. The lowest BCUT2D eigenvalue weighted by atomic mass is 10.1. The SMILES string of the molecule is Nc1ccccc1CCC(=O)NCc1nccs1. The first kappa shape index (κ1) is 12.6. The van der Waals surface area contributed by atoms with Gasteiger partial charge in [-0.25, -0.2) is 4.98 Å². The fraction of sp³-hybridized carbons (Fsp3) is 0.231.